The number of hydrogen-bond donors (Lipinski definition) is 5. The first-order valence-electron chi connectivity index (χ1n) is 16.5. The minimum atomic E-state index is -4.78. The summed E-state index contributed by atoms with van der Waals surface area (Å²) >= 11 is 0. The summed E-state index contributed by atoms with van der Waals surface area (Å²) in [6.45, 7) is 3.26. The monoisotopic (exact) mass is 741 g/mol. The number of carbonyl (C=O) groups excluding carboxylic acids is 2. The summed E-state index contributed by atoms with van der Waals surface area (Å²) in [4.78, 5) is 33.3. The third-order valence-electron chi connectivity index (χ3n) is 7.07. The maximum Gasteiger partial charge on any atom is 0.573 e. The standard InChI is InChI=1S/C35H39BF3N5O9/c37-35(38,39)53-30-9-7-29(8-10-30)44-32-23-31(42-24-43-32)25-3-1-4-26(21-25)33(45)40-11-13-49-15-17-51-19-20-52-18-16-50-14-12-41-34(46)27-5-2-6-28(22-27)36(47)48/h1-10,21-24,47-48H,11-20H2,(H,40,45)(H,41,46)(H,42,43,44). The zero-order valence-corrected chi connectivity index (χ0v) is 28.5. The number of benzene rings is 3. The number of aromatic nitrogens is 2. The lowest BCUT2D eigenvalue weighted by atomic mass is 9.79. The number of hydrogen-bond acceptors (Lipinski definition) is 12. The molecule has 0 unspecified atom stereocenters. The van der Waals surface area contributed by atoms with Gasteiger partial charge in [0, 0.05) is 41.5 Å². The fourth-order valence-electron chi connectivity index (χ4n) is 4.57. The number of alkyl halides is 3. The normalized spacial score (nSPS) is 11.2. The van der Waals surface area contributed by atoms with Crippen LogP contribution < -0.4 is 26.2 Å². The second-order valence-electron chi connectivity index (χ2n) is 11.0. The molecular formula is C35H39BF3N5O9. The zero-order chi connectivity index (χ0) is 37.9. The van der Waals surface area contributed by atoms with E-state index in [4.69, 9.17) is 18.9 Å². The Morgan fingerprint density at radius 3 is 1.79 bits per heavy atom. The van der Waals surface area contributed by atoms with Gasteiger partial charge in [0.15, 0.2) is 0 Å². The molecular weight excluding hydrogens is 702 g/mol. The highest BCUT2D eigenvalue weighted by Gasteiger charge is 2.31. The van der Waals surface area contributed by atoms with Crippen molar-refractivity contribution < 1.29 is 56.5 Å². The van der Waals surface area contributed by atoms with E-state index < -0.39 is 13.5 Å². The molecule has 0 spiro atoms. The molecule has 0 fully saturated rings. The molecule has 0 radical (unpaired) electrons. The molecule has 0 bridgehead atoms. The number of carbonyl (C=O) groups is 2. The molecule has 2 amide bonds. The second kappa shape index (κ2) is 21.4. The molecule has 1 heterocycles. The van der Waals surface area contributed by atoms with E-state index in [9.17, 15) is 32.8 Å². The van der Waals surface area contributed by atoms with Gasteiger partial charge in [0.1, 0.15) is 17.9 Å². The van der Waals surface area contributed by atoms with Crippen LogP contribution in [0.25, 0.3) is 11.3 Å². The van der Waals surface area contributed by atoms with Crippen molar-refractivity contribution in [2.75, 3.05) is 71.3 Å². The van der Waals surface area contributed by atoms with E-state index >= 15 is 0 Å². The predicted octanol–water partition coefficient (Wildman–Crippen LogP) is 2.69. The smallest absolute Gasteiger partial charge is 0.423 e. The number of anilines is 2. The van der Waals surface area contributed by atoms with E-state index in [1.807, 2.05) is 0 Å². The van der Waals surface area contributed by atoms with Crippen LogP contribution in [-0.2, 0) is 18.9 Å². The van der Waals surface area contributed by atoms with Gasteiger partial charge in [-0.05, 0) is 54.0 Å². The minimum Gasteiger partial charge on any atom is -0.423 e. The average Bonchev–Trinajstić information content (AvgIpc) is 3.15. The lowest BCUT2D eigenvalue weighted by Gasteiger charge is -2.11. The Labute approximate surface area is 303 Å². The van der Waals surface area contributed by atoms with Crippen LogP contribution in [0.15, 0.2) is 85.2 Å². The van der Waals surface area contributed by atoms with Gasteiger partial charge in [0.25, 0.3) is 11.8 Å². The molecule has 0 saturated heterocycles. The third-order valence-corrected chi connectivity index (χ3v) is 7.07. The van der Waals surface area contributed by atoms with Gasteiger partial charge in [0.05, 0.1) is 58.5 Å². The van der Waals surface area contributed by atoms with Crippen LogP contribution in [0.4, 0.5) is 24.7 Å². The Balaban J connectivity index is 1.01. The van der Waals surface area contributed by atoms with Gasteiger partial charge in [0.2, 0.25) is 0 Å². The van der Waals surface area contributed by atoms with Gasteiger partial charge in [-0.1, -0.05) is 24.3 Å². The van der Waals surface area contributed by atoms with Gasteiger partial charge in [-0.15, -0.1) is 13.2 Å². The fraction of sp³-hybridized carbons (Fsp3) is 0.314. The highest BCUT2D eigenvalue weighted by molar-refractivity contribution is 6.58. The van der Waals surface area contributed by atoms with Crippen molar-refractivity contribution in [2.45, 2.75) is 6.36 Å². The van der Waals surface area contributed by atoms with Crippen molar-refractivity contribution in [1.29, 1.82) is 0 Å². The Morgan fingerprint density at radius 1 is 0.679 bits per heavy atom. The maximum atomic E-state index is 12.7. The molecule has 18 heteroatoms. The molecule has 1 aromatic heterocycles. The fourth-order valence-corrected chi connectivity index (χ4v) is 4.57. The first-order valence-corrected chi connectivity index (χ1v) is 16.5. The van der Waals surface area contributed by atoms with Crippen LogP contribution in [0.2, 0.25) is 0 Å². The zero-order valence-electron chi connectivity index (χ0n) is 28.5. The first-order chi connectivity index (χ1) is 25.6. The molecule has 5 N–H and O–H groups in total. The molecule has 0 atom stereocenters. The summed E-state index contributed by atoms with van der Waals surface area (Å²) in [6, 6.07) is 19.8. The first kappa shape index (κ1) is 40.7. The molecule has 0 aliphatic rings. The van der Waals surface area contributed by atoms with Crippen molar-refractivity contribution in [3.8, 4) is 17.0 Å². The average molecular weight is 742 g/mol. The summed E-state index contributed by atoms with van der Waals surface area (Å²) < 4.78 is 63.0. The highest BCUT2D eigenvalue weighted by Crippen LogP contribution is 2.26. The van der Waals surface area contributed by atoms with E-state index in [0.29, 0.717) is 73.5 Å². The lowest BCUT2D eigenvalue weighted by molar-refractivity contribution is -0.274. The van der Waals surface area contributed by atoms with Crippen molar-refractivity contribution >= 4 is 35.9 Å². The number of halogens is 3. The van der Waals surface area contributed by atoms with Crippen molar-refractivity contribution in [3.63, 3.8) is 0 Å². The predicted molar refractivity (Wildman–Crippen MR) is 188 cm³/mol. The molecule has 4 rings (SSSR count). The number of rotatable bonds is 22. The van der Waals surface area contributed by atoms with Gasteiger partial charge < -0.3 is 49.7 Å². The van der Waals surface area contributed by atoms with Gasteiger partial charge >= 0.3 is 13.5 Å². The van der Waals surface area contributed by atoms with Crippen molar-refractivity contribution in [2.24, 2.45) is 0 Å². The lowest BCUT2D eigenvalue weighted by Crippen LogP contribution is -2.32. The molecule has 14 nitrogen and oxygen atoms in total. The Hall–Kier alpha value is -5.11. The number of amides is 2. The van der Waals surface area contributed by atoms with Crippen LogP contribution in [0, 0.1) is 0 Å². The Bertz CT molecular complexity index is 1740. The Kier molecular flexibility index (Phi) is 16.4. The topological polar surface area (TPSA) is 183 Å². The van der Waals surface area contributed by atoms with Crippen LogP contribution in [0.3, 0.4) is 0 Å². The molecule has 0 aliphatic carbocycles. The molecule has 3 aromatic carbocycles. The SMILES string of the molecule is O=C(NCCOCCOCCOCCOCCNC(=O)c1cccc(-c2cc(Nc3ccc(OC(F)(F)F)cc3)ncn2)c1)c1cccc(B(O)O)c1. The minimum absolute atomic E-state index is 0.233. The van der Waals surface area contributed by atoms with Gasteiger partial charge in [-0.25, -0.2) is 9.97 Å². The van der Waals surface area contributed by atoms with E-state index in [0.717, 1.165) is 0 Å². The van der Waals surface area contributed by atoms with Crippen molar-refractivity contribution in [3.05, 3.63) is 96.3 Å². The van der Waals surface area contributed by atoms with Crippen LogP contribution in [-0.4, -0.2) is 111 Å². The molecule has 0 saturated carbocycles. The van der Waals surface area contributed by atoms with E-state index in [1.165, 1.54) is 42.7 Å². The molecule has 53 heavy (non-hydrogen) atoms. The summed E-state index contributed by atoms with van der Waals surface area (Å²) in [5.41, 5.74) is 2.65. The number of ether oxygens (including phenoxy) is 5. The van der Waals surface area contributed by atoms with Gasteiger partial charge in [-0.2, -0.15) is 0 Å². The number of nitrogens with one attached hydrogen (secondary N) is 3. The maximum absolute atomic E-state index is 12.7. The highest BCUT2D eigenvalue weighted by atomic mass is 19.4. The summed E-state index contributed by atoms with van der Waals surface area (Å²) in [7, 11) is -1.64. The van der Waals surface area contributed by atoms with Crippen LogP contribution >= 0.6 is 0 Å². The van der Waals surface area contributed by atoms with E-state index in [2.05, 4.69) is 30.7 Å². The quantitative estimate of drug-likeness (QED) is 0.0588. The third kappa shape index (κ3) is 15.2. The van der Waals surface area contributed by atoms with Crippen LogP contribution in [0.1, 0.15) is 20.7 Å². The van der Waals surface area contributed by atoms with Gasteiger partial charge in [-0.3, -0.25) is 9.59 Å². The molecule has 282 valence electrons. The summed E-state index contributed by atoms with van der Waals surface area (Å²) in [5, 5.41) is 26.9. The van der Waals surface area contributed by atoms with E-state index in [-0.39, 0.29) is 49.3 Å². The summed E-state index contributed by atoms with van der Waals surface area (Å²) in [6.07, 6.45) is -3.44. The van der Waals surface area contributed by atoms with E-state index in [1.54, 1.807) is 42.5 Å². The Morgan fingerprint density at radius 2 is 1.23 bits per heavy atom. The van der Waals surface area contributed by atoms with Crippen molar-refractivity contribution in [1.82, 2.24) is 20.6 Å². The molecule has 0 aliphatic heterocycles. The number of nitrogens with zero attached hydrogens (tertiary/aromatic N) is 2. The summed E-state index contributed by atoms with van der Waals surface area (Å²) in [5.74, 6) is -0.578. The largest absolute Gasteiger partial charge is 0.573 e. The second-order valence-corrected chi connectivity index (χ2v) is 11.0. The molecule has 4 aromatic rings. The van der Waals surface area contributed by atoms with Crippen LogP contribution in [0.5, 0.6) is 5.75 Å².